The Morgan fingerprint density at radius 2 is 1.87 bits per heavy atom. The molecule has 1 saturated carbocycles. The zero-order valence-corrected chi connectivity index (χ0v) is 17.5. The van der Waals surface area contributed by atoms with Crippen LogP contribution in [-0.2, 0) is 23.1 Å². The van der Waals surface area contributed by atoms with Crippen molar-refractivity contribution in [3.05, 3.63) is 36.2 Å². The summed E-state index contributed by atoms with van der Waals surface area (Å²) < 4.78 is 66.0. The predicted octanol–water partition coefficient (Wildman–Crippen LogP) is 3.33. The minimum absolute atomic E-state index is 0.0142. The van der Waals surface area contributed by atoms with Gasteiger partial charge in [-0.25, -0.2) is 13.4 Å². The summed E-state index contributed by atoms with van der Waals surface area (Å²) in [6, 6.07) is 3.54. The first-order valence-corrected chi connectivity index (χ1v) is 11.2. The number of sulfone groups is 1. The third-order valence-electron chi connectivity index (χ3n) is 4.92. The zero-order chi connectivity index (χ0) is 22.4. The molecule has 0 amide bonds. The molecule has 1 aliphatic carbocycles. The molecule has 3 aromatic heterocycles. The lowest BCUT2D eigenvalue weighted by atomic mass is 10.2. The van der Waals surface area contributed by atoms with Gasteiger partial charge >= 0.3 is 6.18 Å². The van der Waals surface area contributed by atoms with Crippen LogP contribution in [-0.4, -0.2) is 44.9 Å². The lowest BCUT2D eigenvalue weighted by Gasteiger charge is -2.12. The van der Waals surface area contributed by atoms with Crippen molar-refractivity contribution in [2.75, 3.05) is 11.1 Å². The fourth-order valence-electron chi connectivity index (χ4n) is 3.03. The van der Waals surface area contributed by atoms with Crippen LogP contribution in [0, 0.1) is 0 Å². The number of halogens is 3. The van der Waals surface area contributed by atoms with Gasteiger partial charge < -0.3 is 9.88 Å². The predicted molar refractivity (Wildman–Crippen MR) is 107 cm³/mol. The molecule has 164 valence electrons. The average molecular weight is 452 g/mol. The van der Waals surface area contributed by atoms with E-state index in [4.69, 9.17) is 0 Å². The number of alkyl halides is 3. The van der Waals surface area contributed by atoms with Crippen LogP contribution in [0.15, 0.2) is 35.5 Å². The van der Waals surface area contributed by atoms with Crippen molar-refractivity contribution in [1.29, 1.82) is 0 Å². The summed E-state index contributed by atoms with van der Waals surface area (Å²) >= 11 is 0. The van der Waals surface area contributed by atoms with Crippen molar-refractivity contribution in [2.45, 2.75) is 36.9 Å². The molecule has 4 rings (SSSR count). The number of anilines is 1. The number of hydrogen-bond donors (Lipinski definition) is 1. The topological polar surface area (TPSA) is 103 Å². The summed E-state index contributed by atoms with van der Waals surface area (Å²) in [6.45, 7) is 1.52. The van der Waals surface area contributed by atoms with E-state index in [9.17, 15) is 21.6 Å². The molecule has 0 aromatic carbocycles. The lowest BCUT2D eigenvalue weighted by molar-refractivity contribution is -0.137. The second-order valence-electron chi connectivity index (χ2n) is 7.23. The molecule has 0 radical (unpaired) electrons. The Morgan fingerprint density at radius 1 is 1.16 bits per heavy atom. The van der Waals surface area contributed by atoms with Crippen LogP contribution >= 0.6 is 0 Å². The molecular formula is C19H19F3N6O2S. The van der Waals surface area contributed by atoms with E-state index in [1.54, 1.807) is 0 Å². The number of nitrogens with zero attached hydrogens (tertiary/aromatic N) is 5. The Hall–Kier alpha value is -3.02. The summed E-state index contributed by atoms with van der Waals surface area (Å²) in [4.78, 5) is 8.25. The third kappa shape index (κ3) is 4.24. The van der Waals surface area contributed by atoms with E-state index in [-0.39, 0.29) is 33.7 Å². The molecule has 3 heterocycles. The third-order valence-corrected chi connectivity index (χ3v) is 6.66. The van der Waals surface area contributed by atoms with Crippen molar-refractivity contribution >= 4 is 15.5 Å². The Kier molecular flexibility index (Phi) is 5.20. The molecule has 12 heteroatoms. The first-order chi connectivity index (χ1) is 14.6. The quantitative estimate of drug-likeness (QED) is 0.612. The van der Waals surface area contributed by atoms with Crippen LogP contribution in [0.4, 0.5) is 18.9 Å². The highest BCUT2D eigenvalue weighted by Crippen LogP contribution is 2.33. The normalized spacial score (nSPS) is 14.6. The number of nitrogens with one attached hydrogen (secondary N) is 1. The van der Waals surface area contributed by atoms with E-state index in [0.717, 1.165) is 31.2 Å². The number of hydrogen-bond acceptors (Lipinski definition) is 7. The van der Waals surface area contributed by atoms with Gasteiger partial charge in [0.25, 0.3) is 0 Å². The summed E-state index contributed by atoms with van der Waals surface area (Å²) in [7, 11) is -2.14. The Balaban J connectivity index is 1.80. The van der Waals surface area contributed by atoms with Gasteiger partial charge in [0.15, 0.2) is 21.5 Å². The molecule has 1 fully saturated rings. The van der Waals surface area contributed by atoms with Crippen LogP contribution in [0.3, 0.4) is 0 Å². The molecular weight excluding hydrogens is 433 g/mol. The highest BCUT2D eigenvalue weighted by atomic mass is 32.2. The van der Waals surface area contributed by atoms with Crippen molar-refractivity contribution in [3.63, 3.8) is 0 Å². The zero-order valence-electron chi connectivity index (χ0n) is 16.7. The van der Waals surface area contributed by atoms with Crippen LogP contribution in [0.25, 0.3) is 23.0 Å². The van der Waals surface area contributed by atoms with Gasteiger partial charge in [0.1, 0.15) is 11.4 Å². The smallest absolute Gasteiger partial charge is 0.381 e. The van der Waals surface area contributed by atoms with Gasteiger partial charge in [-0.15, -0.1) is 10.2 Å². The summed E-state index contributed by atoms with van der Waals surface area (Å²) in [5, 5.41) is 11.2. The molecule has 0 saturated heterocycles. The number of pyridine rings is 2. The minimum atomic E-state index is -4.53. The second-order valence-corrected chi connectivity index (χ2v) is 9.47. The second kappa shape index (κ2) is 7.59. The van der Waals surface area contributed by atoms with Crippen molar-refractivity contribution < 1.29 is 21.6 Å². The van der Waals surface area contributed by atoms with E-state index in [2.05, 4.69) is 25.5 Å². The fourth-order valence-corrected chi connectivity index (χ4v) is 4.09. The number of aromatic nitrogens is 5. The maximum atomic E-state index is 13.1. The molecule has 0 unspecified atom stereocenters. The molecule has 0 aliphatic heterocycles. The van der Waals surface area contributed by atoms with Crippen molar-refractivity contribution in [1.82, 2.24) is 24.7 Å². The highest BCUT2D eigenvalue weighted by molar-refractivity contribution is 7.91. The van der Waals surface area contributed by atoms with E-state index in [0.29, 0.717) is 11.7 Å². The maximum absolute atomic E-state index is 13.1. The van der Waals surface area contributed by atoms with Crippen LogP contribution in [0.1, 0.15) is 25.3 Å². The van der Waals surface area contributed by atoms with Gasteiger partial charge in [0.05, 0.1) is 28.1 Å². The van der Waals surface area contributed by atoms with Gasteiger partial charge in [0, 0.05) is 19.3 Å². The summed E-state index contributed by atoms with van der Waals surface area (Å²) in [5.41, 5.74) is -0.246. The van der Waals surface area contributed by atoms with Gasteiger partial charge in [-0.1, -0.05) is 6.92 Å². The number of rotatable bonds is 6. The Labute approximate surface area is 176 Å². The molecule has 1 N–H and O–H groups in total. The minimum Gasteiger partial charge on any atom is -0.381 e. The lowest BCUT2D eigenvalue weighted by Crippen LogP contribution is -2.11. The molecule has 0 bridgehead atoms. The fraction of sp³-hybridized carbons (Fsp3) is 0.368. The average Bonchev–Trinajstić information content (AvgIpc) is 3.46. The summed E-state index contributed by atoms with van der Waals surface area (Å²) in [6.07, 6.45) is 0.0329. The van der Waals surface area contributed by atoms with Gasteiger partial charge in [0.2, 0.25) is 0 Å². The Morgan fingerprint density at radius 3 is 2.52 bits per heavy atom. The Bertz CT molecular complexity index is 1240. The largest absolute Gasteiger partial charge is 0.416 e. The maximum Gasteiger partial charge on any atom is 0.416 e. The van der Waals surface area contributed by atoms with Crippen molar-refractivity contribution in [2.24, 2.45) is 7.05 Å². The van der Waals surface area contributed by atoms with Gasteiger partial charge in [-0.3, -0.25) is 4.98 Å². The molecule has 8 nitrogen and oxygen atoms in total. The molecule has 0 spiro atoms. The van der Waals surface area contributed by atoms with Crippen LogP contribution in [0.2, 0.25) is 0 Å². The molecule has 31 heavy (non-hydrogen) atoms. The van der Waals surface area contributed by atoms with Gasteiger partial charge in [-0.05, 0) is 31.0 Å². The molecule has 1 aliphatic rings. The first-order valence-electron chi connectivity index (χ1n) is 9.53. The SMILES string of the molecule is CCS(=O)(=O)c1cc(NC2CC2)cnc1-c1nnc(-c2cc(C(F)(F)F)ccn2)n1C. The van der Waals surface area contributed by atoms with Crippen LogP contribution in [0.5, 0.6) is 0 Å². The molecule has 0 atom stereocenters. The van der Waals surface area contributed by atoms with E-state index < -0.39 is 21.6 Å². The van der Waals surface area contributed by atoms with Gasteiger partial charge in [-0.2, -0.15) is 13.2 Å². The summed E-state index contributed by atoms with van der Waals surface area (Å²) in [5.74, 6) is 0.0243. The van der Waals surface area contributed by atoms with Crippen molar-refractivity contribution in [3.8, 4) is 23.0 Å². The first kappa shape index (κ1) is 21.2. The van der Waals surface area contributed by atoms with E-state index in [1.165, 1.54) is 30.8 Å². The highest BCUT2D eigenvalue weighted by Gasteiger charge is 2.32. The monoisotopic (exact) mass is 452 g/mol. The van der Waals surface area contributed by atoms with Crippen LogP contribution < -0.4 is 5.32 Å². The van der Waals surface area contributed by atoms with E-state index in [1.807, 2.05) is 0 Å². The molecule has 3 aromatic rings. The standard InChI is InChI=1S/C19H19F3N6O2S/c1-3-31(29,30)15-9-13(25-12-4-5-12)10-24-16(15)18-27-26-17(28(18)2)14-8-11(6-7-23-14)19(20,21)22/h6-10,12,25H,3-5H2,1-2H3. The van der Waals surface area contributed by atoms with E-state index >= 15 is 0 Å².